The molecule has 4 nitrogen and oxygen atoms in total. The highest BCUT2D eigenvalue weighted by Gasteiger charge is 2.26. The number of imidazole rings is 1. The van der Waals surface area contributed by atoms with Gasteiger partial charge in [-0.25, -0.2) is 9.97 Å². The van der Waals surface area contributed by atoms with Crippen molar-refractivity contribution in [1.82, 2.24) is 19.9 Å². The first kappa shape index (κ1) is 16.7. The monoisotopic (exact) mass is 374 g/mol. The molecule has 2 atom stereocenters. The highest BCUT2D eigenvalue weighted by atomic mass is 32.1. The Morgan fingerprint density at radius 1 is 1.11 bits per heavy atom. The number of nitrogens with one attached hydrogen (secondary N) is 1. The zero-order chi connectivity index (χ0) is 18.1. The van der Waals surface area contributed by atoms with Gasteiger partial charge in [-0.05, 0) is 37.0 Å². The molecule has 0 saturated heterocycles. The van der Waals surface area contributed by atoms with Crippen LogP contribution in [0.4, 0.5) is 0 Å². The second-order valence-corrected chi connectivity index (χ2v) is 8.16. The lowest BCUT2D eigenvalue weighted by molar-refractivity contribution is 0.347. The molecule has 0 radical (unpaired) electrons. The van der Waals surface area contributed by atoms with E-state index in [2.05, 4.69) is 75.7 Å². The Hall–Kier alpha value is -2.50. The van der Waals surface area contributed by atoms with E-state index in [1.165, 1.54) is 16.7 Å². The Morgan fingerprint density at radius 2 is 1.96 bits per heavy atom. The van der Waals surface area contributed by atoms with Crippen LogP contribution in [0.2, 0.25) is 0 Å². The third-order valence-corrected chi connectivity index (χ3v) is 6.39. The predicted octanol–water partition coefficient (Wildman–Crippen LogP) is 4.90. The van der Waals surface area contributed by atoms with Crippen LogP contribution in [0.1, 0.15) is 41.3 Å². The van der Waals surface area contributed by atoms with Gasteiger partial charge in [-0.15, -0.1) is 11.3 Å². The second-order valence-electron chi connectivity index (χ2n) is 7.10. The van der Waals surface area contributed by atoms with Gasteiger partial charge in [0.1, 0.15) is 10.8 Å². The molecule has 2 unspecified atom stereocenters. The minimum Gasteiger partial charge on any atom is -0.334 e. The third-order valence-electron chi connectivity index (χ3n) is 5.24. The number of hydrogen-bond acceptors (Lipinski definition) is 4. The van der Waals surface area contributed by atoms with Crippen molar-refractivity contribution in [2.24, 2.45) is 0 Å². The Bertz CT molecular complexity index is 1000. The summed E-state index contributed by atoms with van der Waals surface area (Å²) in [6.45, 7) is 1.07. The number of benzene rings is 2. The number of para-hydroxylation sites is 1. The van der Waals surface area contributed by atoms with E-state index in [0.29, 0.717) is 0 Å². The molecule has 3 heterocycles. The van der Waals surface area contributed by atoms with Crippen LogP contribution < -0.4 is 5.32 Å². The van der Waals surface area contributed by atoms with Crippen LogP contribution in [-0.4, -0.2) is 14.5 Å². The lowest BCUT2D eigenvalue weighted by atomic mass is 10.0. The van der Waals surface area contributed by atoms with E-state index in [4.69, 9.17) is 4.98 Å². The van der Waals surface area contributed by atoms with Gasteiger partial charge in [-0.3, -0.25) is 5.32 Å². The molecule has 1 aliphatic rings. The van der Waals surface area contributed by atoms with Crippen LogP contribution in [0.25, 0.3) is 10.2 Å². The Labute approximate surface area is 162 Å². The molecule has 0 saturated carbocycles. The topological polar surface area (TPSA) is 42.7 Å². The first-order chi connectivity index (χ1) is 13.4. The van der Waals surface area contributed by atoms with E-state index in [1.807, 2.05) is 6.20 Å². The molecule has 0 spiro atoms. The van der Waals surface area contributed by atoms with Crippen molar-refractivity contribution < 1.29 is 0 Å². The smallest absolute Gasteiger partial charge is 0.125 e. The molecule has 5 heteroatoms. The first-order valence-corrected chi connectivity index (χ1v) is 10.3. The summed E-state index contributed by atoms with van der Waals surface area (Å²) in [6, 6.07) is 19.5. The molecule has 0 aliphatic carbocycles. The van der Waals surface area contributed by atoms with Gasteiger partial charge in [-0.1, -0.05) is 42.5 Å². The summed E-state index contributed by atoms with van der Waals surface area (Å²) < 4.78 is 3.52. The van der Waals surface area contributed by atoms with Gasteiger partial charge in [0.15, 0.2) is 0 Å². The number of fused-ring (bicyclic) bond motifs is 2. The maximum absolute atomic E-state index is 4.95. The summed E-state index contributed by atoms with van der Waals surface area (Å²) in [4.78, 5) is 9.57. The normalized spacial score (nSPS) is 17.7. The summed E-state index contributed by atoms with van der Waals surface area (Å²) in [6.07, 6.45) is 7.23. The molecular formula is C22H22N4S. The van der Waals surface area contributed by atoms with Crippen molar-refractivity contribution in [1.29, 1.82) is 0 Å². The lowest BCUT2D eigenvalue weighted by Gasteiger charge is -2.28. The number of aromatic nitrogens is 3. The average Bonchev–Trinajstić information content (AvgIpc) is 3.35. The Morgan fingerprint density at radius 3 is 2.85 bits per heavy atom. The van der Waals surface area contributed by atoms with Crippen LogP contribution in [-0.2, 0) is 13.0 Å². The molecule has 136 valence electrons. The fraction of sp³-hybridized carbons (Fsp3) is 0.273. The Balaban J connectivity index is 1.48. The highest BCUT2D eigenvalue weighted by molar-refractivity contribution is 7.18. The highest BCUT2D eigenvalue weighted by Crippen LogP contribution is 2.32. The average molecular weight is 375 g/mol. The molecule has 5 rings (SSSR count). The van der Waals surface area contributed by atoms with E-state index in [0.717, 1.165) is 35.7 Å². The van der Waals surface area contributed by atoms with Gasteiger partial charge >= 0.3 is 0 Å². The maximum Gasteiger partial charge on any atom is 0.125 e. The molecule has 0 fully saturated rings. The van der Waals surface area contributed by atoms with Gasteiger partial charge in [0.25, 0.3) is 0 Å². The molecule has 0 bridgehead atoms. The lowest BCUT2D eigenvalue weighted by Crippen LogP contribution is -2.32. The zero-order valence-electron chi connectivity index (χ0n) is 15.1. The zero-order valence-corrected chi connectivity index (χ0v) is 15.9. The number of rotatable bonds is 5. The van der Waals surface area contributed by atoms with Crippen LogP contribution in [0.5, 0.6) is 0 Å². The second kappa shape index (κ2) is 7.25. The summed E-state index contributed by atoms with van der Waals surface area (Å²) in [5.41, 5.74) is 2.41. The number of hydrogen-bond donors (Lipinski definition) is 1. The fourth-order valence-corrected chi connectivity index (χ4v) is 4.95. The minimum atomic E-state index is 0.179. The van der Waals surface area contributed by atoms with Gasteiger partial charge in [0.2, 0.25) is 0 Å². The summed E-state index contributed by atoms with van der Waals surface area (Å²) >= 11 is 1.80. The fourth-order valence-electron chi connectivity index (χ4n) is 3.92. The van der Waals surface area contributed by atoms with Crippen molar-refractivity contribution >= 4 is 21.6 Å². The van der Waals surface area contributed by atoms with Crippen molar-refractivity contribution in [3.63, 3.8) is 0 Å². The number of thiazole rings is 1. The number of aryl methyl sites for hydroxylation is 1. The number of nitrogens with zero attached hydrogens (tertiary/aromatic N) is 3. The van der Waals surface area contributed by atoms with E-state index in [9.17, 15) is 0 Å². The van der Waals surface area contributed by atoms with E-state index in [-0.39, 0.29) is 12.1 Å². The van der Waals surface area contributed by atoms with Crippen molar-refractivity contribution in [2.45, 2.75) is 37.9 Å². The van der Waals surface area contributed by atoms with Crippen molar-refractivity contribution in [3.05, 3.63) is 83.4 Å². The minimum absolute atomic E-state index is 0.179. The third kappa shape index (κ3) is 3.40. The summed E-state index contributed by atoms with van der Waals surface area (Å²) in [5, 5.41) is 5.04. The summed E-state index contributed by atoms with van der Waals surface area (Å²) in [5.74, 6) is 1.15. The van der Waals surface area contributed by atoms with Gasteiger partial charge in [0, 0.05) is 18.9 Å². The molecule has 1 aliphatic heterocycles. The molecule has 1 N–H and O–H groups in total. The quantitative estimate of drug-likeness (QED) is 0.540. The first-order valence-electron chi connectivity index (χ1n) is 9.53. The Kier molecular flexibility index (Phi) is 4.47. The predicted molar refractivity (Wildman–Crippen MR) is 110 cm³/mol. The maximum atomic E-state index is 4.95. The van der Waals surface area contributed by atoms with E-state index in [1.54, 1.807) is 11.3 Å². The van der Waals surface area contributed by atoms with Gasteiger partial charge in [-0.2, -0.15) is 0 Å². The molecular weight excluding hydrogens is 352 g/mol. The van der Waals surface area contributed by atoms with Gasteiger partial charge < -0.3 is 4.57 Å². The molecule has 2 aromatic carbocycles. The van der Waals surface area contributed by atoms with E-state index >= 15 is 0 Å². The van der Waals surface area contributed by atoms with E-state index < -0.39 is 0 Å². The molecule has 4 aromatic rings. The van der Waals surface area contributed by atoms with Crippen molar-refractivity contribution in [3.8, 4) is 0 Å². The molecule has 0 amide bonds. The SMILES string of the molecule is c1ccc(CC(NC2CCCn3ccnc32)c2nc3ccccc3s2)cc1. The van der Waals surface area contributed by atoms with Crippen LogP contribution >= 0.6 is 11.3 Å². The molecule has 27 heavy (non-hydrogen) atoms. The van der Waals surface area contributed by atoms with Crippen LogP contribution in [0.15, 0.2) is 67.0 Å². The van der Waals surface area contributed by atoms with Crippen LogP contribution in [0.3, 0.4) is 0 Å². The largest absolute Gasteiger partial charge is 0.334 e. The van der Waals surface area contributed by atoms with Crippen molar-refractivity contribution in [2.75, 3.05) is 0 Å². The van der Waals surface area contributed by atoms with Crippen LogP contribution in [0, 0.1) is 0 Å². The van der Waals surface area contributed by atoms with Gasteiger partial charge in [0.05, 0.1) is 22.3 Å². The summed E-state index contributed by atoms with van der Waals surface area (Å²) in [7, 11) is 0. The standard InChI is InChI=1S/C22H22N4S/c1-2-7-16(8-3-1)15-19(22-25-17-9-4-5-11-20(17)27-22)24-18-10-6-13-26-14-12-23-21(18)26/h1-5,7-9,11-12,14,18-19,24H,6,10,13,15H2. The molecule has 2 aromatic heterocycles.